The van der Waals surface area contributed by atoms with E-state index in [0.717, 1.165) is 51.5 Å². The van der Waals surface area contributed by atoms with Gasteiger partial charge in [-0.3, -0.25) is 4.99 Å². The van der Waals surface area contributed by atoms with E-state index in [1.165, 1.54) is 5.56 Å². The predicted octanol–water partition coefficient (Wildman–Crippen LogP) is 2.85. The molecule has 2 N–H and O–H groups in total. The van der Waals surface area contributed by atoms with Crippen molar-refractivity contribution in [3.63, 3.8) is 0 Å². The quantitative estimate of drug-likeness (QED) is 0.397. The molecule has 0 aliphatic heterocycles. The molecule has 0 saturated carbocycles. The Morgan fingerprint density at radius 1 is 1.09 bits per heavy atom. The minimum atomic E-state index is 0.622. The van der Waals surface area contributed by atoms with Crippen LogP contribution in [0.4, 0.5) is 0 Å². The molecule has 0 aliphatic rings. The second-order valence-corrected chi connectivity index (χ2v) is 5.83. The van der Waals surface area contributed by atoms with Gasteiger partial charge in [-0.25, -0.2) is 0 Å². The molecule has 0 fully saturated rings. The molecule has 0 atom stereocenters. The predicted molar refractivity (Wildman–Crippen MR) is 94.4 cm³/mol. The number of benzene rings is 1. The molecule has 0 aromatic heterocycles. The largest absolute Gasteiger partial charge is 0.381 e. The Morgan fingerprint density at radius 3 is 2.55 bits per heavy atom. The molecular formula is C18H31N3O. The summed E-state index contributed by atoms with van der Waals surface area (Å²) in [5.74, 6) is 1.51. The number of ether oxygens (including phenoxy) is 1. The summed E-state index contributed by atoms with van der Waals surface area (Å²) in [6.45, 7) is 7.88. The minimum absolute atomic E-state index is 0.622. The fourth-order valence-corrected chi connectivity index (χ4v) is 1.99. The van der Waals surface area contributed by atoms with E-state index in [1.807, 2.05) is 13.1 Å². The van der Waals surface area contributed by atoms with Gasteiger partial charge in [0.2, 0.25) is 0 Å². The molecule has 0 radical (unpaired) electrons. The Balaban J connectivity index is 1.94. The van der Waals surface area contributed by atoms with Gasteiger partial charge >= 0.3 is 0 Å². The van der Waals surface area contributed by atoms with Crippen molar-refractivity contribution >= 4 is 5.96 Å². The molecule has 22 heavy (non-hydrogen) atoms. The van der Waals surface area contributed by atoms with E-state index in [2.05, 4.69) is 53.7 Å². The molecule has 0 unspecified atom stereocenters. The topological polar surface area (TPSA) is 45.7 Å². The van der Waals surface area contributed by atoms with E-state index in [-0.39, 0.29) is 0 Å². The molecule has 0 bridgehead atoms. The van der Waals surface area contributed by atoms with Crippen molar-refractivity contribution in [2.24, 2.45) is 10.9 Å². The third kappa shape index (κ3) is 9.40. The molecule has 0 heterocycles. The smallest absolute Gasteiger partial charge is 0.190 e. The number of guanidine groups is 1. The van der Waals surface area contributed by atoms with Gasteiger partial charge in [0.25, 0.3) is 0 Å². The number of hydrogen-bond donors (Lipinski definition) is 2. The number of nitrogens with one attached hydrogen (secondary N) is 2. The Hall–Kier alpha value is -1.55. The first-order valence-electron chi connectivity index (χ1n) is 8.28. The van der Waals surface area contributed by atoms with Gasteiger partial charge in [-0.05, 0) is 30.7 Å². The first kappa shape index (κ1) is 18.5. The van der Waals surface area contributed by atoms with Crippen molar-refractivity contribution in [3.05, 3.63) is 35.9 Å². The maximum Gasteiger partial charge on any atom is 0.190 e. The SMILES string of the molecule is CN=C(NCCCCOCCc1ccccc1)NCC(C)C. The Bertz CT molecular complexity index is 404. The van der Waals surface area contributed by atoms with Gasteiger partial charge < -0.3 is 15.4 Å². The molecule has 4 heteroatoms. The highest BCUT2D eigenvalue weighted by atomic mass is 16.5. The second kappa shape index (κ2) is 12.0. The van der Waals surface area contributed by atoms with Crippen LogP contribution in [-0.2, 0) is 11.2 Å². The van der Waals surface area contributed by atoms with Gasteiger partial charge in [0.1, 0.15) is 0 Å². The van der Waals surface area contributed by atoms with Crippen molar-refractivity contribution in [3.8, 4) is 0 Å². The van der Waals surface area contributed by atoms with Gasteiger partial charge in [-0.15, -0.1) is 0 Å². The third-order valence-electron chi connectivity index (χ3n) is 3.29. The second-order valence-electron chi connectivity index (χ2n) is 5.83. The van der Waals surface area contributed by atoms with Crippen molar-refractivity contribution in [2.75, 3.05) is 33.4 Å². The van der Waals surface area contributed by atoms with Gasteiger partial charge in [-0.1, -0.05) is 44.2 Å². The molecule has 0 spiro atoms. The van der Waals surface area contributed by atoms with E-state index < -0.39 is 0 Å². The zero-order valence-corrected chi connectivity index (χ0v) is 14.3. The van der Waals surface area contributed by atoms with Crippen LogP contribution in [0, 0.1) is 5.92 Å². The number of unbranched alkanes of at least 4 members (excludes halogenated alkanes) is 1. The monoisotopic (exact) mass is 305 g/mol. The summed E-state index contributed by atoms with van der Waals surface area (Å²) in [5, 5.41) is 6.63. The highest BCUT2D eigenvalue weighted by molar-refractivity contribution is 5.79. The zero-order chi connectivity index (χ0) is 16.0. The van der Waals surface area contributed by atoms with Crippen LogP contribution in [0.1, 0.15) is 32.3 Å². The molecule has 1 aromatic rings. The van der Waals surface area contributed by atoms with Crippen LogP contribution in [0.25, 0.3) is 0 Å². The Labute approximate surface area is 135 Å². The third-order valence-corrected chi connectivity index (χ3v) is 3.29. The van der Waals surface area contributed by atoms with Gasteiger partial charge in [0, 0.05) is 26.7 Å². The number of nitrogens with zero attached hydrogens (tertiary/aromatic N) is 1. The van der Waals surface area contributed by atoms with Crippen LogP contribution in [0.3, 0.4) is 0 Å². The van der Waals surface area contributed by atoms with Gasteiger partial charge in [0.05, 0.1) is 6.61 Å². The summed E-state index contributed by atoms with van der Waals surface area (Å²) in [4.78, 5) is 4.20. The van der Waals surface area contributed by atoms with E-state index in [4.69, 9.17) is 4.74 Å². The maximum absolute atomic E-state index is 5.68. The highest BCUT2D eigenvalue weighted by Gasteiger charge is 1.98. The van der Waals surface area contributed by atoms with E-state index in [0.29, 0.717) is 5.92 Å². The van der Waals surface area contributed by atoms with E-state index in [1.54, 1.807) is 0 Å². The lowest BCUT2D eigenvalue weighted by atomic mass is 10.2. The summed E-state index contributed by atoms with van der Waals surface area (Å²) in [5.41, 5.74) is 1.34. The standard InChI is InChI=1S/C18H31N3O/c1-16(2)15-21-18(19-3)20-12-7-8-13-22-14-11-17-9-5-4-6-10-17/h4-6,9-10,16H,7-8,11-15H2,1-3H3,(H2,19,20,21). The lowest BCUT2D eigenvalue weighted by molar-refractivity contribution is 0.133. The first-order chi connectivity index (χ1) is 10.7. The average Bonchev–Trinajstić information content (AvgIpc) is 2.53. The maximum atomic E-state index is 5.68. The number of hydrogen-bond acceptors (Lipinski definition) is 2. The normalized spacial score (nSPS) is 11.7. The van der Waals surface area contributed by atoms with Crippen molar-refractivity contribution in [1.29, 1.82) is 0 Å². The van der Waals surface area contributed by atoms with Crippen LogP contribution in [0.5, 0.6) is 0 Å². The van der Waals surface area contributed by atoms with Crippen molar-refractivity contribution < 1.29 is 4.74 Å². The Morgan fingerprint density at radius 2 is 1.86 bits per heavy atom. The van der Waals surface area contributed by atoms with Crippen LogP contribution >= 0.6 is 0 Å². The average molecular weight is 305 g/mol. The molecule has 0 amide bonds. The fourth-order valence-electron chi connectivity index (χ4n) is 1.99. The van der Waals surface area contributed by atoms with Crippen molar-refractivity contribution in [2.45, 2.75) is 33.1 Å². The fraction of sp³-hybridized carbons (Fsp3) is 0.611. The van der Waals surface area contributed by atoms with Gasteiger partial charge in [0.15, 0.2) is 5.96 Å². The molecule has 4 nitrogen and oxygen atoms in total. The summed E-state index contributed by atoms with van der Waals surface area (Å²) in [7, 11) is 1.81. The van der Waals surface area contributed by atoms with Gasteiger partial charge in [-0.2, -0.15) is 0 Å². The highest BCUT2D eigenvalue weighted by Crippen LogP contribution is 2.00. The molecule has 0 saturated heterocycles. The molecule has 0 aliphatic carbocycles. The lowest BCUT2D eigenvalue weighted by Gasteiger charge is -2.13. The lowest BCUT2D eigenvalue weighted by Crippen LogP contribution is -2.39. The molecule has 1 aromatic carbocycles. The zero-order valence-electron chi connectivity index (χ0n) is 14.3. The first-order valence-corrected chi connectivity index (χ1v) is 8.28. The molecule has 1 rings (SSSR count). The minimum Gasteiger partial charge on any atom is -0.381 e. The van der Waals surface area contributed by atoms with Crippen LogP contribution in [0.15, 0.2) is 35.3 Å². The number of rotatable bonds is 10. The summed E-state index contributed by atoms with van der Waals surface area (Å²) >= 11 is 0. The summed E-state index contributed by atoms with van der Waals surface area (Å²) < 4.78 is 5.68. The van der Waals surface area contributed by atoms with Crippen molar-refractivity contribution in [1.82, 2.24) is 10.6 Å². The van der Waals surface area contributed by atoms with Crippen LogP contribution in [0.2, 0.25) is 0 Å². The Kier molecular flexibility index (Phi) is 10.1. The summed E-state index contributed by atoms with van der Waals surface area (Å²) in [6.07, 6.45) is 3.15. The summed E-state index contributed by atoms with van der Waals surface area (Å²) in [6, 6.07) is 10.5. The molecule has 124 valence electrons. The van der Waals surface area contributed by atoms with E-state index >= 15 is 0 Å². The number of aliphatic imine (C=N–C) groups is 1. The molecular weight excluding hydrogens is 274 g/mol. The van der Waals surface area contributed by atoms with Crippen LogP contribution in [-0.4, -0.2) is 39.3 Å². The van der Waals surface area contributed by atoms with E-state index in [9.17, 15) is 0 Å². The van der Waals surface area contributed by atoms with Crippen LogP contribution < -0.4 is 10.6 Å².